The van der Waals surface area contributed by atoms with Crippen molar-refractivity contribution in [3.05, 3.63) is 47.0 Å². The zero-order valence-electron chi connectivity index (χ0n) is 14.8. The number of carbonyl (C=O) groups excluding carboxylic acids is 1. The highest BCUT2D eigenvalue weighted by atomic mass is 19.3. The normalized spacial score (nSPS) is 15.4. The van der Waals surface area contributed by atoms with E-state index in [1.165, 1.54) is 0 Å². The van der Waals surface area contributed by atoms with E-state index in [0.717, 1.165) is 0 Å². The molecule has 5 nitrogen and oxygen atoms in total. The number of hydrogen-bond donors (Lipinski definition) is 1. The van der Waals surface area contributed by atoms with Crippen LogP contribution in [-0.4, -0.2) is 35.6 Å². The Morgan fingerprint density at radius 3 is 1.97 bits per heavy atom. The average molecular weight is 477 g/mol. The molecule has 0 fully saturated rings. The van der Waals surface area contributed by atoms with Gasteiger partial charge in [-0.15, -0.1) is 0 Å². The van der Waals surface area contributed by atoms with E-state index in [2.05, 4.69) is 4.74 Å². The maximum Gasteiger partial charge on any atom is 0.482 e. The summed E-state index contributed by atoms with van der Waals surface area (Å²) < 4.78 is 141. The Labute approximate surface area is 169 Å². The fourth-order valence-electron chi connectivity index (χ4n) is 2.74. The molecule has 1 aliphatic heterocycles. The van der Waals surface area contributed by atoms with Crippen LogP contribution in [0.25, 0.3) is 11.1 Å². The minimum atomic E-state index is -4.89. The van der Waals surface area contributed by atoms with E-state index in [1.54, 1.807) is 0 Å². The molecule has 0 aliphatic carbocycles. The van der Waals surface area contributed by atoms with Gasteiger partial charge in [0.25, 0.3) is 0 Å². The standard InChI is InChI=1S/C17H5F10NO4/c18-5-2-7-6(1-4(5)8-9(19)11(21)13(23)12(22)10(8)20)28(3-16(24,25)15(30)31)14(29)17(26,27)32-7/h1-2H,3H2,(H,30,31). The minimum absolute atomic E-state index is 0.0218. The molecule has 1 heterocycles. The lowest BCUT2D eigenvalue weighted by Gasteiger charge is -2.34. The Bertz CT molecular complexity index is 1140. The van der Waals surface area contributed by atoms with Gasteiger partial charge >= 0.3 is 23.9 Å². The number of carboxylic acids is 1. The molecule has 0 atom stereocenters. The number of benzene rings is 2. The Balaban J connectivity index is 2.30. The van der Waals surface area contributed by atoms with Gasteiger partial charge in [-0.3, -0.25) is 9.69 Å². The molecule has 0 spiro atoms. The van der Waals surface area contributed by atoms with Gasteiger partial charge in [0.15, 0.2) is 29.0 Å². The maximum absolute atomic E-state index is 14.4. The number of halogens is 10. The van der Waals surface area contributed by atoms with Crippen molar-refractivity contribution in [1.29, 1.82) is 0 Å². The van der Waals surface area contributed by atoms with Crippen molar-refractivity contribution in [3.63, 3.8) is 0 Å². The van der Waals surface area contributed by atoms with Crippen LogP contribution in [0.1, 0.15) is 0 Å². The molecule has 0 saturated heterocycles. The summed E-state index contributed by atoms with van der Waals surface area (Å²) in [6.07, 6.45) is -4.89. The second kappa shape index (κ2) is 7.27. The number of ether oxygens (including phenoxy) is 1. The van der Waals surface area contributed by atoms with Gasteiger partial charge in [-0.05, 0) is 6.07 Å². The van der Waals surface area contributed by atoms with Gasteiger partial charge in [0, 0.05) is 11.6 Å². The number of aliphatic carboxylic acids is 1. The van der Waals surface area contributed by atoms with Gasteiger partial charge < -0.3 is 9.84 Å². The molecule has 0 aromatic heterocycles. The molecular weight excluding hydrogens is 472 g/mol. The molecular formula is C17H5F10NO4. The van der Waals surface area contributed by atoms with Crippen LogP contribution in [-0.2, 0) is 9.59 Å². The second-order valence-corrected chi connectivity index (χ2v) is 6.26. The number of carboxylic acid groups (broad SMARTS) is 1. The van der Waals surface area contributed by atoms with Crippen molar-refractivity contribution < 1.29 is 63.3 Å². The van der Waals surface area contributed by atoms with E-state index in [-0.39, 0.29) is 12.1 Å². The van der Waals surface area contributed by atoms with Crippen LogP contribution in [0.4, 0.5) is 49.6 Å². The zero-order valence-corrected chi connectivity index (χ0v) is 14.8. The molecule has 0 bridgehead atoms. The lowest BCUT2D eigenvalue weighted by atomic mass is 10.0. The molecule has 32 heavy (non-hydrogen) atoms. The molecule has 1 aliphatic rings. The Morgan fingerprint density at radius 2 is 1.47 bits per heavy atom. The van der Waals surface area contributed by atoms with E-state index >= 15 is 0 Å². The predicted octanol–water partition coefficient (Wildman–Crippen LogP) is 4.23. The first-order valence-electron chi connectivity index (χ1n) is 7.95. The predicted molar refractivity (Wildman–Crippen MR) is 82.1 cm³/mol. The van der Waals surface area contributed by atoms with Crippen LogP contribution in [0.5, 0.6) is 5.75 Å². The molecule has 172 valence electrons. The van der Waals surface area contributed by atoms with Crippen LogP contribution < -0.4 is 9.64 Å². The third kappa shape index (κ3) is 3.46. The fourth-order valence-corrected chi connectivity index (χ4v) is 2.74. The summed E-state index contributed by atoms with van der Waals surface area (Å²) in [6, 6.07) is -0.0665. The van der Waals surface area contributed by atoms with E-state index in [0.29, 0.717) is 0 Å². The molecule has 0 saturated carbocycles. The Hall–Kier alpha value is -3.52. The highest BCUT2D eigenvalue weighted by molar-refractivity contribution is 6.02. The maximum atomic E-state index is 14.4. The molecule has 2 aromatic rings. The minimum Gasteiger partial charge on any atom is -0.477 e. The Kier molecular flexibility index (Phi) is 5.26. The SMILES string of the molecule is O=C(O)C(F)(F)CN1C(=O)C(F)(F)Oc2cc(F)c(-c3c(F)c(F)c(F)c(F)c3F)cc21. The summed E-state index contributed by atoms with van der Waals surface area (Å²) in [5.74, 6) is -26.3. The van der Waals surface area contributed by atoms with Crippen molar-refractivity contribution in [2.45, 2.75) is 12.0 Å². The van der Waals surface area contributed by atoms with Gasteiger partial charge in [0.1, 0.15) is 12.4 Å². The van der Waals surface area contributed by atoms with Crippen molar-refractivity contribution in [3.8, 4) is 16.9 Å². The monoisotopic (exact) mass is 477 g/mol. The average Bonchev–Trinajstić information content (AvgIpc) is 2.69. The first-order valence-corrected chi connectivity index (χ1v) is 7.95. The highest BCUT2D eigenvalue weighted by Gasteiger charge is 2.54. The van der Waals surface area contributed by atoms with Crippen LogP contribution in [0.2, 0.25) is 0 Å². The lowest BCUT2D eigenvalue weighted by Crippen LogP contribution is -2.55. The quantitative estimate of drug-likeness (QED) is 0.407. The van der Waals surface area contributed by atoms with Gasteiger partial charge in [-0.25, -0.2) is 31.1 Å². The van der Waals surface area contributed by atoms with Gasteiger partial charge in [-0.2, -0.15) is 17.6 Å². The summed E-state index contributed by atoms with van der Waals surface area (Å²) >= 11 is 0. The summed E-state index contributed by atoms with van der Waals surface area (Å²) in [6.45, 7) is -2.27. The lowest BCUT2D eigenvalue weighted by molar-refractivity contribution is -0.194. The number of fused-ring (bicyclic) bond motifs is 1. The fraction of sp³-hybridized carbons (Fsp3) is 0.176. The molecule has 1 N–H and O–H groups in total. The summed E-state index contributed by atoms with van der Waals surface area (Å²) in [5, 5.41) is 8.49. The zero-order chi connectivity index (χ0) is 24.3. The van der Waals surface area contributed by atoms with Crippen molar-refractivity contribution in [1.82, 2.24) is 0 Å². The van der Waals surface area contributed by atoms with Crippen LogP contribution in [0.15, 0.2) is 12.1 Å². The van der Waals surface area contributed by atoms with Crippen molar-refractivity contribution >= 4 is 17.6 Å². The van der Waals surface area contributed by atoms with Crippen LogP contribution in [0.3, 0.4) is 0 Å². The first-order chi connectivity index (χ1) is 14.6. The molecule has 0 radical (unpaired) electrons. The topological polar surface area (TPSA) is 66.8 Å². The van der Waals surface area contributed by atoms with Gasteiger partial charge in [-0.1, -0.05) is 0 Å². The number of rotatable bonds is 4. The molecule has 2 aromatic carbocycles. The third-order valence-electron chi connectivity index (χ3n) is 4.22. The largest absolute Gasteiger partial charge is 0.482 e. The van der Waals surface area contributed by atoms with E-state index in [9.17, 15) is 53.5 Å². The van der Waals surface area contributed by atoms with Crippen LogP contribution in [0, 0.1) is 34.9 Å². The van der Waals surface area contributed by atoms with Crippen molar-refractivity contribution in [2.75, 3.05) is 11.4 Å². The number of anilines is 1. The molecule has 1 amide bonds. The van der Waals surface area contributed by atoms with Gasteiger partial charge in [0.05, 0.1) is 11.3 Å². The number of nitrogens with zero attached hydrogens (tertiary/aromatic N) is 1. The molecule has 15 heteroatoms. The van der Waals surface area contributed by atoms with Crippen LogP contribution >= 0.6 is 0 Å². The van der Waals surface area contributed by atoms with E-state index < -0.39 is 92.8 Å². The summed E-state index contributed by atoms with van der Waals surface area (Å²) in [7, 11) is 0. The number of alkyl halides is 4. The summed E-state index contributed by atoms with van der Waals surface area (Å²) in [5.41, 5.74) is -4.67. The molecule has 0 unspecified atom stereocenters. The summed E-state index contributed by atoms with van der Waals surface area (Å²) in [4.78, 5) is 21.9. The number of carbonyl (C=O) groups is 2. The second-order valence-electron chi connectivity index (χ2n) is 6.26. The number of amides is 1. The molecule has 3 rings (SSSR count). The third-order valence-corrected chi connectivity index (χ3v) is 4.22. The first kappa shape index (κ1) is 23.1. The van der Waals surface area contributed by atoms with Crippen molar-refractivity contribution in [2.24, 2.45) is 0 Å². The Morgan fingerprint density at radius 1 is 0.969 bits per heavy atom. The number of hydrogen-bond acceptors (Lipinski definition) is 3. The van der Waals surface area contributed by atoms with Gasteiger partial charge in [0.2, 0.25) is 5.82 Å². The van der Waals surface area contributed by atoms with E-state index in [4.69, 9.17) is 5.11 Å². The smallest absolute Gasteiger partial charge is 0.477 e. The van der Waals surface area contributed by atoms with E-state index in [1.807, 2.05) is 0 Å². The highest BCUT2D eigenvalue weighted by Crippen LogP contribution is 2.45.